The van der Waals surface area contributed by atoms with Crippen LogP contribution in [0.1, 0.15) is 12.7 Å². The Hall–Kier alpha value is -0.840. The van der Waals surface area contributed by atoms with Gasteiger partial charge in [-0.05, 0) is 26.1 Å². The van der Waals surface area contributed by atoms with E-state index < -0.39 is 5.60 Å². The molecule has 1 saturated heterocycles. The normalized spacial score (nSPS) is 22.1. The van der Waals surface area contributed by atoms with E-state index in [4.69, 9.17) is 9.15 Å². The van der Waals surface area contributed by atoms with Gasteiger partial charge in [-0.25, -0.2) is 0 Å². The molecule has 1 aliphatic rings. The standard InChI is InChI=1S/C15H26N4O3.HI/c1-15(20,13-5-4-7-22-13)11-18-14(16-2)17-9-12-10-19(3)6-8-21-12;/h4-5,7,12,20H,6,8-11H2,1-3H3,(H2,16,17,18);1H. The van der Waals surface area contributed by atoms with Gasteiger partial charge >= 0.3 is 0 Å². The van der Waals surface area contributed by atoms with Crippen molar-refractivity contribution >= 4 is 29.9 Å². The zero-order chi connectivity index (χ0) is 16.0. The smallest absolute Gasteiger partial charge is 0.191 e. The number of nitrogens with one attached hydrogen (secondary N) is 2. The number of hydrogen-bond donors (Lipinski definition) is 3. The topological polar surface area (TPSA) is 82.3 Å². The molecule has 1 fully saturated rings. The Bertz CT molecular complexity index is 479. The number of aliphatic hydroxyl groups is 1. The van der Waals surface area contributed by atoms with Gasteiger partial charge in [0.05, 0.1) is 25.5 Å². The van der Waals surface area contributed by atoms with Crippen LogP contribution >= 0.6 is 24.0 Å². The average Bonchev–Trinajstić information content (AvgIpc) is 3.02. The van der Waals surface area contributed by atoms with E-state index >= 15 is 0 Å². The van der Waals surface area contributed by atoms with Crippen molar-refractivity contribution in [3.63, 3.8) is 0 Å². The monoisotopic (exact) mass is 438 g/mol. The Morgan fingerprint density at radius 2 is 2.30 bits per heavy atom. The first-order chi connectivity index (χ1) is 10.5. The molecule has 0 amide bonds. The zero-order valence-electron chi connectivity index (χ0n) is 13.9. The highest BCUT2D eigenvalue weighted by Gasteiger charge is 2.26. The summed E-state index contributed by atoms with van der Waals surface area (Å²) in [5.41, 5.74) is -1.09. The van der Waals surface area contributed by atoms with Gasteiger partial charge in [-0.1, -0.05) is 0 Å². The molecule has 1 aromatic rings. The number of aliphatic imine (C=N–C) groups is 1. The highest BCUT2D eigenvalue weighted by Crippen LogP contribution is 2.19. The van der Waals surface area contributed by atoms with Gasteiger partial charge in [0.1, 0.15) is 11.4 Å². The molecule has 0 bridgehead atoms. The van der Waals surface area contributed by atoms with E-state index in [-0.39, 0.29) is 30.1 Å². The predicted molar refractivity (Wildman–Crippen MR) is 100 cm³/mol. The van der Waals surface area contributed by atoms with Crippen LogP contribution in [0, 0.1) is 0 Å². The van der Waals surface area contributed by atoms with Crippen LogP contribution in [0.15, 0.2) is 27.8 Å². The number of ether oxygens (including phenoxy) is 1. The van der Waals surface area contributed by atoms with E-state index in [1.165, 1.54) is 0 Å². The lowest BCUT2D eigenvalue weighted by Crippen LogP contribution is -2.50. The molecule has 7 nitrogen and oxygen atoms in total. The third kappa shape index (κ3) is 6.28. The maximum Gasteiger partial charge on any atom is 0.191 e. The minimum Gasteiger partial charge on any atom is -0.466 e. The van der Waals surface area contributed by atoms with Gasteiger partial charge in [0.2, 0.25) is 0 Å². The van der Waals surface area contributed by atoms with Gasteiger partial charge < -0.3 is 29.8 Å². The van der Waals surface area contributed by atoms with Crippen molar-refractivity contribution in [1.82, 2.24) is 15.5 Å². The molecule has 8 heteroatoms. The molecule has 0 spiro atoms. The van der Waals surface area contributed by atoms with Crippen LogP contribution in [0.2, 0.25) is 0 Å². The molecule has 1 aromatic heterocycles. The maximum atomic E-state index is 10.4. The van der Waals surface area contributed by atoms with Crippen LogP contribution in [0.25, 0.3) is 0 Å². The number of furan rings is 1. The molecule has 132 valence electrons. The molecule has 2 rings (SSSR count). The number of guanidine groups is 1. The molecule has 3 N–H and O–H groups in total. The lowest BCUT2D eigenvalue weighted by molar-refractivity contribution is -0.0161. The highest BCUT2D eigenvalue weighted by molar-refractivity contribution is 14.0. The van der Waals surface area contributed by atoms with Crippen molar-refractivity contribution in [2.75, 3.05) is 46.9 Å². The molecular formula is C15H27IN4O3. The van der Waals surface area contributed by atoms with Gasteiger partial charge in [-0.15, -0.1) is 24.0 Å². The van der Waals surface area contributed by atoms with E-state index in [1.54, 1.807) is 32.4 Å². The van der Waals surface area contributed by atoms with Gasteiger partial charge in [-0.3, -0.25) is 4.99 Å². The van der Waals surface area contributed by atoms with Crippen LogP contribution in [0.4, 0.5) is 0 Å². The maximum absolute atomic E-state index is 10.4. The highest BCUT2D eigenvalue weighted by atomic mass is 127. The predicted octanol–water partition coefficient (Wildman–Crippen LogP) is 0.601. The molecule has 2 heterocycles. The largest absolute Gasteiger partial charge is 0.466 e. The first kappa shape index (κ1) is 20.2. The van der Waals surface area contributed by atoms with Gasteiger partial charge in [0.15, 0.2) is 5.96 Å². The van der Waals surface area contributed by atoms with Crippen LogP contribution in [0.3, 0.4) is 0 Å². The summed E-state index contributed by atoms with van der Waals surface area (Å²) in [5, 5.41) is 16.7. The number of likely N-dealkylation sites (N-methyl/N-ethyl adjacent to an activating group) is 1. The molecule has 0 radical (unpaired) electrons. The summed E-state index contributed by atoms with van der Waals surface area (Å²) < 4.78 is 11.0. The molecule has 1 aliphatic heterocycles. The fourth-order valence-corrected chi connectivity index (χ4v) is 2.35. The number of hydrogen-bond acceptors (Lipinski definition) is 5. The van der Waals surface area contributed by atoms with Crippen molar-refractivity contribution in [3.8, 4) is 0 Å². The minimum absolute atomic E-state index is 0. The Morgan fingerprint density at radius 1 is 1.52 bits per heavy atom. The van der Waals surface area contributed by atoms with Crippen LogP contribution in [-0.4, -0.2) is 69.0 Å². The summed E-state index contributed by atoms with van der Waals surface area (Å²) in [7, 11) is 3.79. The summed E-state index contributed by atoms with van der Waals surface area (Å²) in [6.45, 7) is 5.29. The minimum atomic E-state index is -1.09. The van der Waals surface area contributed by atoms with E-state index in [9.17, 15) is 5.11 Å². The van der Waals surface area contributed by atoms with E-state index in [0.29, 0.717) is 24.8 Å². The lowest BCUT2D eigenvalue weighted by Gasteiger charge is -2.30. The van der Waals surface area contributed by atoms with Crippen LogP contribution < -0.4 is 10.6 Å². The Kier molecular flexibility index (Phi) is 8.31. The SMILES string of the molecule is CN=C(NCC1CN(C)CCO1)NCC(C)(O)c1ccco1.I. The van der Waals surface area contributed by atoms with Crippen molar-refractivity contribution in [2.24, 2.45) is 4.99 Å². The molecule has 23 heavy (non-hydrogen) atoms. The fraction of sp³-hybridized carbons (Fsp3) is 0.667. The van der Waals surface area contributed by atoms with E-state index in [1.807, 2.05) is 0 Å². The van der Waals surface area contributed by atoms with Crippen molar-refractivity contribution in [3.05, 3.63) is 24.2 Å². The molecule has 0 aromatic carbocycles. The van der Waals surface area contributed by atoms with Crippen LogP contribution in [-0.2, 0) is 10.3 Å². The van der Waals surface area contributed by atoms with E-state index in [0.717, 1.165) is 19.7 Å². The molecular weight excluding hydrogens is 411 g/mol. The molecule has 2 atom stereocenters. The summed E-state index contributed by atoms with van der Waals surface area (Å²) in [6.07, 6.45) is 1.69. The first-order valence-electron chi connectivity index (χ1n) is 7.52. The number of halogens is 1. The van der Waals surface area contributed by atoms with Crippen LogP contribution in [0.5, 0.6) is 0 Å². The van der Waals surface area contributed by atoms with Crippen molar-refractivity contribution in [1.29, 1.82) is 0 Å². The van der Waals surface area contributed by atoms with Crippen molar-refractivity contribution in [2.45, 2.75) is 18.6 Å². The third-order valence-electron chi connectivity index (χ3n) is 3.71. The average molecular weight is 438 g/mol. The second-order valence-corrected chi connectivity index (χ2v) is 5.81. The Morgan fingerprint density at radius 3 is 2.91 bits per heavy atom. The quantitative estimate of drug-likeness (QED) is 0.355. The third-order valence-corrected chi connectivity index (χ3v) is 3.71. The van der Waals surface area contributed by atoms with Gasteiger partial charge in [0.25, 0.3) is 0 Å². The fourth-order valence-electron chi connectivity index (χ4n) is 2.35. The zero-order valence-corrected chi connectivity index (χ0v) is 16.2. The summed E-state index contributed by atoms with van der Waals surface area (Å²) in [6, 6.07) is 3.51. The number of morpholine rings is 1. The second kappa shape index (κ2) is 9.45. The number of nitrogens with zero attached hydrogens (tertiary/aromatic N) is 2. The Labute approximate surface area is 154 Å². The van der Waals surface area contributed by atoms with E-state index in [2.05, 4.69) is 27.6 Å². The lowest BCUT2D eigenvalue weighted by atomic mass is 10.0. The second-order valence-electron chi connectivity index (χ2n) is 5.81. The number of rotatable bonds is 5. The first-order valence-corrected chi connectivity index (χ1v) is 7.52. The molecule has 0 saturated carbocycles. The summed E-state index contributed by atoms with van der Waals surface area (Å²) >= 11 is 0. The van der Waals surface area contributed by atoms with Gasteiger partial charge in [0, 0.05) is 26.7 Å². The summed E-state index contributed by atoms with van der Waals surface area (Å²) in [5.74, 6) is 1.15. The molecule has 0 aliphatic carbocycles. The summed E-state index contributed by atoms with van der Waals surface area (Å²) in [4.78, 5) is 6.40. The van der Waals surface area contributed by atoms with Gasteiger partial charge in [-0.2, -0.15) is 0 Å². The Balaban J connectivity index is 0.00000264. The van der Waals surface area contributed by atoms with Crippen molar-refractivity contribution < 1.29 is 14.3 Å². The molecule has 2 unspecified atom stereocenters.